The van der Waals surface area contributed by atoms with E-state index in [2.05, 4.69) is 20.9 Å². The summed E-state index contributed by atoms with van der Waals surface area (Å²) >= 11 is 3.42. The number of aromatic nitrogens is 1. The topological polar surface area (TPSA) is 36.4 Å². The third-order valence-corrected chi connectivity index (χ3v) is 6.05. The molecule has 0 radical (unpaired) electrons. The maximum atomic E-state index is 13.1. The van der Waals surface area contributed by atoms with Gasteiger partial charge in [0.15, 0.2) is 0 Å². The van der Waals surface area contributed by atoms with Gasteiger partial charge in [0.05, 0.1) is 11.0 Å². The number of hydrogen-bond donors (Lipinski definition) is 0. The number of rotatable bonds is 3. The van der Waals surface area contributed by atoms with Crippen LogP contribution in [0.2, 0.25) is 0 Å². The standard InChI is InChI=1S/C20H19BrF3N3O/c21-16-4-1-14(2-5-16)19(7-8-19)18(28)27-11-9-26(10-12-27)17-6-3-15(13-25-17)20(22,23)24/h1-6,13H,7-12H2. The first-order valence-electron chi connectivity index (χ1n) is 9.13. The molecule has 1 aromatic heterocycles. The fraction of sp³-hybridized carbons (Fsp3) is 0.400. The zero-order chi connectivity index (χ0) is 19.9. The molecule has 4 nitrogen and oxygen atoms in total. The van der Waals surface area contributed by atoms with E-state index < -0.39 is 17.2 Å². The molecule has 0 unspecified atom stereocenters. The Morgan fingerprint density at radius 3 is 2.14 bits per heavy atom. The first-order valence-corrected chi connectivity index (χ1v) is 9.92. The van der Waals surface area contributed by atoms with Gasteiger partial charge in [-0.3, -0.25) is 4.79 Å². The van der Waals surface area contributed by atoms with E-state index in [4.69, 9.17) is 0 Å². The Kier molecular flexibility index (Phi) is 4.85. The molecule has 1 saturated heterocycles. The van der Waals surface area contributed by atoms with Gasteiger partial charge in [0.2, 0.25) is 5.91 Å². The Morgan fingerprint density at radius 1 is 1.00 bits per heavy atom. The summed E-state index contributed by atoms with van der Waals surface area (Å²) < 4.78 is 39.0. The quantitative estimate of drug-likeness (QED) is 0.696. The normalized spacial score (nSPS) is 18.9. The molecular weight excluding hydrogens is 435 g/mol. The highest BCUT2D eigenvalue weighted by atomic mass is 79.9. The third-order valence-electron chi connectivity index (χ3n) is 5.52. The Hall–Kier alpha value is -2.09. The van der Waals surface area contributed by atoms with Gasteiger partial charge in [0.25, 0.3) is 0 Å². The molecule has 0 atom stereocenters. The molecule has 1 aromatic carbocycles. The van der Waals surface area contributed by atoms with Gasteiger partial charge < -0.3 is 9.80 Å². The molecule has 8 heteroatoms. The second kappa shape index (κ2) is 7.06. The Morgan fingerprint density at radius 2 is 1.64 bits per heavy atom. The van der Waals surface area contributed by atoms with Crippen LogP contribution in [0.1, 0.15) is 24.0 Å². The molecule has 0 N–H and O–H groups in total. The molecule has 1 aliphatic heterocycles. The van der Waals surface area contributed by atoms with Gasteiger partial charge in [-0.25, -0.2) is 4.98 Å². The number of halogens is 4. The second-order valence-corrected chi connectivity index (χ2v) is 8.19. The Bertz CT molecular complexity index is 856. The van der Waals surface area contributed by atoms with Crippen molar-refractivity contribution in [3.8, 4) is 0 Å². The highest BCUT2D eigenvalue weighted by Gasteiger charge is 2.53. The van der Waals surface area contributed by atoms with Crippen molar-refractivity contribution in [1.82, 2.24) is 9.88 Å². The summed E-state index contributed by atoms with van der Waals surface area (Å²) in [6.07, 6.45) is -1.82. The van der Waals surface area contributed by atoms with Crippen LogP contribution >= 0.6 is 15.9 Å². The van der Waals surface area contributed by atoms with Crippen molar-refractivity contribution in [2.24, 2.45) is 0 Å². The minimum atomic E-state index is -4.39. The Labute approximate surface area is 169 Å². The monoisotopic (exact) mass is 453 g/mol. The molecule has 0 bridgehead atoms. The predicted octanol–water partition coefficient (Wildman–Crippen LogP) is 4.24. The van der Waals surface area contributed by atoms with Crippen LogP contribution in [0.15, 0.2) is 47.1 Å². The fourth-order valence-corrected chi connectivity index (χ4v) is 3.97. The molecule has 1 aliphatic carbocycles. The van der Waals surface area contributed by atoms with Crippen LogP contribution in [0.4, 0.5) is 19.0 Å². The lowest BCUT2D eigenvalue weighted by Gasteiger charge is -2.37. The lowest BCUT2D eigenvalue weighted by atomic mass is 9.94. The number of hydrogen-bond acceptors (Lipinski definition) is 3. The lowest BCUT2D eigenvalue weighted by Crippen LogP contribution is -2.51. The summed E-state index contributed by atoms with van der Waals surface area (Å²) in [6.45, 7) is 2.20. The zero-order valence-electron chi connectivity index (χ0n) is 15.0. The van der Waals surface area contributed by atoms with Gasteiger partial charge in [-0.15, -0.1) is 0 Å². The molecule has 28 heavy (non-hydrogen) atoms. The summed E-state index contributed by atoms with van der Waals surface area (Å²) in [5.74, 6) is 0.656. The SMILES string of the molecule is O=C(N1CCN(c2ccc(C(F)(F)F)cn2)CC1)C1(c2ccc(Br)cc2)CC1. The number of nitrogens with zero attached hydrogens (tertiary/aromatic N) is 3. The van der Waals surface area contributed by atoms with E-state index in [1.807, 2.05) is 34.1 Å². The molecule has 4 rings (SSSR count). The maximum absolute atomic E-state index is 13.1. The summed E-state index contributed by atoms with van der Waals surface area (Å²) in [5.41, 5.74) is -0.113. The van der Waals surface area contributed by atoms with Gasteiger partial charge in [-0.05, 0) is 42.7 Å². The zero-order valence-corrected chi connectivity index (χ0v) is 16.6. The van der Waals surface area contributed by atoms with Gasteiger partial charge in [-0.1, -0.05) is 28.1 Å². The van der Waals surface area contributed by atoms with E-state index >= 15 is 0 Å². The van der Waals surface area contributed by atoms with Crippen molar-refractivity contribution in [3.05, 3.63) is 58.2 Å². The highest BCUT2D eigenvalue weighted by Crippen LogP contribution is 2.50. The van der Waals surface area contributed by atoms with E-state index in [0.717, 1.165) is 35.1 Å². The molecule has 2 fully saturated rings. The Balaban J connectivity index is 1.40. The average molecular weight is 454 g/mol. The van der Waals surface area contributed by atoms with Crippen LogP contribution in [-0.4, -0.2) is 42.0 Å². The number of pyridine rings is 1. The molecule has 148 valence electrons. The minimum Gasteiger partial charge on any atom is -0.353 e. The van der Waals surface area contributed by atoms with Crippen LogP contribution in [0.5, 0.6) is 0 Å². The van der Waals surface area contributed by atoms with Gasteiger partial charge >= 0.3 is 6.18 Å². The molecule has 1 amide bonds. The van der Waals surface area contributed by atoms with Gasteiger partial charge in [-0.2, -0.15) is 13.2 Å². The number of alkyl halides is 3. The van der Waals surface area contributed by atoms with E-state index in [9.17, 15) is 18.0 Å². The van der Waals surface area contributed by atoms with E-state index in [-0.39, 0.29) is 5.91 Å². The largest absolute Gasteiger partial charge is 0.417 e. The van der Waals surface area contributed by atoms with Gasteiger partial charge in [0, 0.05) is 36.8 Å². The number of carbonyl (C=O) groups is 1. The van der Waals surface area contributed by atoms with Crippen molar-refractivity contribution >= 4 is 27.7 Å². The summed E-state index contributed by atoms with van der Waals surface area (Å²) in [4.78, 5) is 20.9. The maximum Gasteiger partial charge on any atom is 0.417 e. The first-order chi connectivity index (χ1) is 13.3. The molecular formula is C20H19BrF3N3O. The number of piperazine rings is 1. The first kappa shape index (κ1) is 19.2. The van der Waals surface area contributed by atoms with Crippen LogP contribution < -0.4 is 4.90 Å². The summed E-state index contributed by atoms with van der Waals surface area (Å²) in [6, 6.07) is 10.3. The van der Waals surface area contributed by atoms with Crippen molar-refractivity contribution in [2.45, 2.75) is 24.4 Å². The smallest absolute Gasteiger partial charge is 0.353 e. The number of carbonyl (C=O) groups excluding carboxylic acids is 1. The van der Waals surface area contributed by atoms with E-state index in [1.54, 1.807) is 0 Å². The lowest BCUT2D eigenvalue weighted by molar-refractivity contribution is -0.138. The second-order valence-electron chi connectivity index (χ2n) is 7.27. The molecule has 2 aliphatic rings. The highest BCUT2D eigenvalue weighted by molar-refractivity contribution is 9.10. The van der Waals surface area contributed by atoms with Crippen molar-refractivity contribution in [1.29, 1.82) is 0 Å². The van der Waals surface area contributed by atoms with Crippen LogP contribution in [0.3, 0.4) is 0 Å². The number of anilines is 1. The predicted molar refractivity (Wildman–Crippen MR) is 103 cm³/mol. The fourth-order valence-electron chi connectivity index (χ4n) is 3.70. The van der Waals surface area contributed by atoms with Crippen LogP contribution in [0.25, 0.3) is 0 Å². The van der Waals surface area contributed by atoms with Gasteiger partial charge in [0.1, 0.15) is 5.82 Å². The molecule has 1 saturated carbocycles. The van der Waals surface area contributed by atoms with Crippen molar-refractivity contribution in [3.63, 3.8) is 0 Å². The molecule has 2 heterocycles. The molecule has 2 aromatic rings. The average Bonchev–Trinajstić information content (AvgIpc) is 3.49. The summed E-state index contributed by atoms with van der Waals surface area (Å²) in [5, 5.41) is 0. The summed E-state index contributed by atoms with van der Waals surface area (Å²) in [7, 11) is 0. The third kappa shape index (κ3) is 3.62. The van der Waals surface area contributed by atoms with E-state index in [0.29, 0.717) is 32.0 Å². The number of benzene rings is 1. The van der Waals surface area contributed by atoms with E-state index in [1.165, 1.54) is 6.07 Å². The molecule has 0 spiro atoms. The minimum absolute atomic E-state index is 0.148. The van der Waals surface area contributed by atoms with Crippen molar-refractivity contribution < 1.29 is 18.0 Å². The number of amides is 1. The van der Waals surface area contributed by atoms with Crippen LogP contribution in [-0.2, 0) is 16.4 Å². The van der Waals surface area contributed by atoms with Crippen molar-refractivity contribution in [2.75, 3.05) is 31.1 Å². The van der Waals surface area contributed by atoms with Crippen LogP contribution in [0, 0.1) is 0 Å².